The van der Waals surface area contributed by atoms with Gasteiger partial charge in [0.05, 0.1) is 13.2 Å². The number of hydrogen-bond acceptors (Lipinski definition) is 5. The Bertz CT molecular complexity index is 286. The molecule has 1 aromatic rings. The molecule has 0 aliphatic heterocycles. The van der Waals surface area contributed by atoms with Crippen LogP contribution in [0.15, 0.2) is 16.8 Å². The second-order valence-corrected chi connectivity index (χ2v) is 3.57. The summed E-state index contributed by atoms with van der Waals surface area (Å²) in [7, 11) is 2.94. The largest absolute Gasteiger partial charge is 0.467 e. The third kappa shape index (κ3) is 2.31. The molecule has 0 fully saturated rings. The van der Waals surface area contributed by atoms with E-state index in [0.717, 1.165) is 5.56 Å². The Morgan fingerprint density at radius 1 is 1.71 bits per heavy atom. The first-order valence-corrected chi connectivity index (χ1v) is 5.10. The van der Waals surface area contributed by atoms with Gasteiger partial charge in [-0.3, -0.25) is 0 Å². The van der Waals surface area contributed by atoms with Crippen molar-refractivity contribution in [1.82, 2.24) is 5.32 Å². The van der Waals surface area contributed by atoms with Crippen LogP contribution < -0.4 is 5.32 Å². The minimum Gasteiger partial charge on any atom is -0.467 e. The number of aliphatic hydroxyl groups is 1. The van der Waals surface area contributed by atoms with Crippen LogP contribution >= 0.6 is 11.3 Å². The molecule has 2 N–H and O–H groups in total. The van der Waals surface area contributed by atoms with Crippen LogP contribution in [-0.4, -0.2) is 31.3 Å². The van der Waals surface area contributed by atoms with Crippen molar-refractivity contribution < 1.29 is 14.6 Å². The minimum absolute atomic E-state index is 0.409. The third-order valence-electron chi connectivity index (χ3n) is 1.97. The van der Waals surface area contributed by atoms with Crippen molar-refractivity contribution in [2.75, 3.05) is 14.2 Å². The van der Waals surface area contributed by atoms with Crippen molar-refractivity contribution in [1.29, 1.82) is 0 Å². The number of carbonyl (C=O) groups is 1. The van der Waals surface area contributed by atoms with Gasteiger partial charge in [-0.25, -0.2) is 4.79 Å². The zero-order valence-electron chi connectivity index (χ0n) is 8.06. The average Bonchev–Trinajstić information content (AvgIpc) is 2.71. The van der Waals surface area contributed by atoms with Crippen molar-refractivity contribution >= 4 is 17.3 Å². The highest BCUT2D eigenvalue weighted by Gasteiger charge is 2.27. The van der Waals surface area contributed by atoms with Crippen molar-refractivity contribution in [2.24, 2.45) is 0 Å². The van der Waals surface area contributed by atoms with Crippen LogP contribution in [0.4, 0.5) is 0 Å². The van der Waals surface area contributed by atoms with E-state index in [1.165, 1.54) is 18.4 Å². The summed E-state index contributed by atoms with van der Waals surface area (Å²) in [6.45, 7) is 0. The molecule has 2 atom stereocenters. The zero-order valence-corrected chi connectivity index (χ0v) is 8.88. The summed E-state index contributed by atoms with van der Waals surface area (Å²) in [5, 5.41) is 16.3. The fraction of sp³-hybridized carbons (Fsp3) is 0.444. The highest BCUT2D eigenvalue weighted by molar-refractivity contribution is 7.07. The standard InChI is InChI=1S/C9H13NO3S/c1-10-7(6-3-4-14-5-6)8(11)9(12)13-2/h3-5,7-8,10-11H,1-2H3. The number of hydrogen-bond donors (Lipinski definition) is 2. The monoisotopic (exact) mass is 215 g/mol. The summed E-state index contributed by atoms with van der Waals surface area (Å²) >= 11 is 1.52. The van der Waals surface area contributed by atoms with Gasteiger partial charge < -0.3 is 15.2 Å². The van der Waals surface area contributed by atoms with Gasteiger partial charge >= 0.3 is 5.97 Å². The first-order chi connectivity index (χ1) is 6.70. The molecule has 0 aromatic carbocycles. The van der Waals surface area contributed by atoms with Crippen molar-refractivity contribution in [3.8, 4) is 0 Å². The highest BCUT2D eigenvalue weighted by Crippen LogP contribution is 2.19. The molecule has 1 rings (SSSR count). The van der Waals surface area contributed by atoms with Gasteiger partial charge in [0.2, 0.25) is 0 Å². The van der Waals surface area contributed by atoms with E-state index in [-0.39, 0.29) is 0 Å². The molecular weight excluding hydrogens is 202 g/mol. The Kier molecular flexibility index (Phi) is 4.06. The second-order valence-electron chi connectivity index (χ2n) is 2.79. The number of rotatable bonds is 4. The second kappa shape index (κ2) is 5.09. The topological polar surface area (TPSA) is 58.6 Å². The molecule has 4 nitrogen and oxygen atoms in total. The SMILES string of the molecule is CNC(c1ccsc1)C(O)C(=O)OC. The molecule has 0 saturated carbocycles. The Morgan fingerprint density at radius 3 is 2.86 bits per heavy atom. The predicted octanol–water partition coefficient (Wildman–Crippen LogP) is 0.542. The number of aliphatic hydroxyl groups excluding tert-OH is 1. The van der Waals surface area contributed by atoms with Crippen LogP contribution in [0.3, 0.4) is 0 Å². The number of nitrogens with one attached hydrogen (secondary N) is 1. The van der Waals surface area contributed by atoms with Crippen molar-refractivity contribution in [3.05, 3.63) is 22.4 Å². The van der Waals surface area contributed by atoms with Gasteiger partial charge in [0.15, 0.2) is 6.10 Å². The van der Waals surface area contributed by atoms with E-state index in [1.807, 2.05) is 16.8 Å². The first-order valence-electron chi connectivity index (χ1n) is 4.16. The molecule has 1 heterocycles. The van der Waals surface area contributed by atoms with Crippen molar-refractivity contribution in [2.45, 2.75) is 12.1 Å². The van der Waals surface area contributed by atoms with Gasteiger partial charge in [0, 0.05) is 0 Å². The van der Waals surface area contributed by atoms with E-state index in [0.29, 0.717) is 0 Å². The molecule has 0 spiro atoms. The van der Waals surface area contributed by atoms with Crippen LogP contribution in [0.2, 0.25) is 0 Å². The molecule has 14 heavy (non-hydrogen) atoms. The lowest BCUT2D eigenvalue weighted by Gasteiger charge is -2.19. The number of ether oxygens (including phenoxy) is 1. The van der Waals surface area contributed by atoms with Crippen LogP contribution in [0, 0.1) is 0 Å². The summed E-state index contributed by atoms with van der Waals surface area (Å²) < 4.78 is 4.47. The summed E-state index contributed by atoms with van der Waals surface area (Å²) in [5.41, 5.74) is 0.885. The molecule has 78 valence electrons. The van der Waals surface area contributed by atoms with E-state index >= 15 is 0 Å². The zero-order chi connectivity index (χ0) is 10.6. The van der Waals surface area contributed by atoms with Crippen molar-refractivity contribution in [3.63, 3.8) is 0 Å². The fourth-order valence-corrected chi connectivity index (χ4v) is 1.91. The van der Waals surface area contributed by atoms with Gasteiger partial charge in [0.1, 0.15) is 0 Å². The van der Waals surface area contributed by atoms with Gasteiger partial charge in [-0.05, 0) is 29.4 Å². The number of esters is 1. The first kappa shape index (κ1) is 11.2. The smallest absolute Gasteiger partial charge is 0.336 e. The Labute approximate surface area is 86.5 Å². The summed E-state index contributed by atoms with van der Waals surface area (Å²) in [4.78, 5) is 11.1. The Morgan fingerprint density at radius 2 is 2.43 bits per heavy atom. The number of methoxy groups -OCH3 is 1. The van der Waals surface area contributed by atoms with E-state index in [9.17, 15) is 9.90 Å². The molecule has 0 bridgehead atoms. The molecule has 1 aromatic heterocycles. The summed E-state index contributed by atoms with van der Waals surface area (Å²) in [6.07, 6.45) is -1.17. The number of carbonyl (C=O) groups excluding carboxylic acids is 1. The molecule has 0 radical (unpaired) electrons. The van der Waals surface area contributed by atoms with Gasteiger partial charge in [-0.1, -0.05) is 0 Å². The van der Waals surface area contributed by atoms with Crippen LogP contribution in [0.5, 0.6) is 0 Å². The maximum Gasteiger partial charge on any atom is 0.336 e. The molecule has 0 saturated heterocycles. The summed E-state index contributed by atoms with van der Waals surface area (Å²) in [5.74, 6) is -0.629. The highest BCUT2D eigenvalue weighted by atomic mass is 32.1. The fourth-order valence-electron chi connectivity index (χ4n) is 1.22. The van der Waals surface area contributed by atoms with Crippen LogP contribution in [0.1, 0.15) is 11.6 Å². The lowest BCUT2D eigenvalue weighted by molar-refractivity contribution is -0.152. The summed E-state index contributed by atoms with van der Waals surface area (Å²) in [6, 6.07) is 1.45. The Hall–Kier alpha value is -0.910. The average molecular weight is 215 g/mol. The maximum atomic E-state index is 11.1. The molecule has 0 amide bonds. The normalized spacial score (nSPS) is 14.8. The third-order valence-corrected chi connectivity index (χ3v) is 2.67. The van der Waals surface area contributed by atoms with E-state index < -0.39 is 18.1 Å². The Balaban J connectivity index is 2.77. The molecule has 5 heteroatoms. The maximum absolute atomic E-state index is 11.1. The van der Waals surface area contributed by atoms with Crippen LogP contribution in [-0.2, 0) is 9.53 Å². The van der Waals surface area contributed by atoms with E-state index in [4.69, 9.17) is 0 Å². The lowest BCUT2D eigenvalue weighted by Crippen LogP contribution is -2.36. The lowest BCUT2D eigenvalue weighted by atomic mass is 10.1. The van der Waals surface area contributed by atoms with E-state index in [2.05, 4.69) is 10.1 Å². The molecular formula is C9H13NO3S. The molecule has 2 unspecified atom stereocenters. The number of likely N-dealkylation sites (N-methyl/N-ethyl adjacent to an activating group) is 1. The van der Waals surface area contributed by atoms with Gasteiger partial charge in [0.25, 0.3) is 0 Å². The molecule has 0 aliphatic rings. The minimum atomic E-state index is -1.17. The number of thiophene rings is 1. The van der Waals surface area contributed by atoms with Gasteiger partial charge in [-0.2, -0.15) is 11.3 Å². The van der Waals surface area contributed by atoms with Crippen LogP contribution in [0.25, 0.3) is 0 Å². The molecule has 0 aliphatic carbocycles. The van der Waals surface area contributed by atoms with E-state index in [1.54, 1.807) is 7.05 Å². The van der Waals surface area contributed by atoms with Gasteiger partial charge in [-0.15, -0.1) is 0 Å². The predicted molar refractivity (Wildman–Crippen MR) is 54.1 cm³/mol. The quantitative estimate of drug-likeness (QED) is 0.720.